The number of hydrogen-bond acceptors (Lipinski definition) is 4. The molecule has 0 rings (SSSR count). The summed E-state index contributed by atoms with van der Waals surface area (Å²) in [5.41, 5.74) is 0. The third-order valence-electron chi connectivity index (χ3n) is 11.1. The Bertz CT molecular complexity index is 728. The molecule has 0 aliphatic carbocycles. The van der Waals surface area contributed by atoms with Gasteiger partial charge in [0.25, 0.3) is 0 Å². The minimum absolute atomic E-state index is 0.146. The van der Waals surface area contributed by atoms with E-state index >= 15 is 0 Å². The van der Waals surface area contributed by atoms with Crippen LogP contribution in [0, 0.1) is 0 Å². The molecule has 0 aliphatic rings. The Morgan fingerprint density at radius 3 is 1.12 bits per heavy atom. The van der Waals surface area contributed by atoms with Crippen LogP contribution in [-0.4, -0.2) is 46.1 Å². The van der Waals surface area contributed by atoms with E-state index in [1.165, 1.54) is 193 Å². The van der Waals surface area contributed by atoms with Crippen LogP contribution in [0.2, 0.25) is 0 Å². The average Bonchev–Trinajstić information content (AvgIpc) is 3.15. The highest BCUT2D eigenvalue weighted by molar-refractivity contribution is 5.76. The van der Waals surface area contributed by atoms with E-state index in [4.69, 9.17) is 0 Å². The van der Waals surface area contributed by atoms with Crippen LogP contribution in [-0.2, 0) is 4.79 Å². The molecule has 5 nitrogen and oxygen atoms in total. The van der Waals surface area contributed by atoms with Gasteiger partial charge in [-0.05, 0) is 38.5 Å². The molecule has 5 heteroatoms. The number of allylic oxidation sites excluding steroid dienone is 2. The van der Waals surface area contributed by atoms with E-state index in [9.17, 15) is 20.1 Å². The summed E-state index contributed by atoms with van der Waals surface area (Å²) in [6.07, 6.45) is 50.4. The van der Waals surface area contributed by atoms with Crippen molar-refractivity contribution in [1.82, 2.24) is 5.32 Å². The first-order chi connectivity index (χ1) is 25.6. The second-order valence-electron chi connectivity index (χ2n) is 16.3. The van der Waals surface area contributed by atoms with Crippen LogP contribution in [0.4, 0.5) is 0 Å². The number of nitrogens with one attached hydrogen (secondary N) is 1. The van der Waals surface area contributed by atoms with Gasteiger partial charge in [-0.15, -0.1) is 0 Å². The molecule has 0 radical (unpaired) electrons. The normalized spacial score (nSPS) is 13.6. The molecular weight excluding hydrogens is 643 g/mol. The monoisotopic (exact) mass is 736 g/mol. The summed E-state index contributed by atoms with van der Waals surface area (Å²) in [7, 11) is 0. The summed E-state index contributed by atoms with van der Waals surface area (Å²) in [5.74, 6) is -0.146. The van der Waals surface area contributed by atoms with Crippen molar-refractivity contribution in [3.63, 3.8) is 0 Å². The largest absolute Gasteiger partial charge is 0.394 e. The van der Waals surface area contributed by atoms with Crippen molar-refractivity contribution in [3.05, 3.63) is 12.2 Å². The number of hydrogen-bond donors (Lipinski definition) is 4. The smallest absolute Gasteiger partial charge is 0.220 e. The van der Waals surface area contributed by atoms with Crippen molar-refractivity contribution in [3.8, 4) is 0 Å². The van der Waals surface area contributed by atoms with Crippen molar-refractivity contribution in [2.45, 2.75) is 276 Å². The lowest BCUT2D eigenvalue weighted by Crippen LogP contribution is -2.50. The van der Waals surface area contributed by atoms with Crippen molar-refractivity contribution < 1.29 is 20.1 Å². The fraction of sp³-hybridized carbons (Fsp3) is 0.936. The van der Waals surface area contributed by atoms with Crippen molar-refractivity contribution in [1.29, 1.82) is 0 Å². The zero-order chi connectivity index (χ0) is 38.0. The summed E-state index contributed by atoms with van der Waals surface area (Å²) in [4.78, 5) is 12.4. The minimum atomic E-state index is -1.13. The fourth-order valence-corrected chi connectivity index (χ4v) is 7.45. The molecule has 52 heavy (non-hydrogen) atoms. The lowest BCUT2D eigenvalue weighted by atomic mass is 9.99. The highest BCUT2D eigenvalue weighted by atomic mass is 16.3. The van der Waals surface area contributed by atoms with E-state index in [1.54, 1.807) is 0 Å². The molecule has 0 aliphatic heterocycles. The standard InChI is InChI=1S/C47H93NO4/c1-3-5-7-9-11-13-15-17-19-21-23-25-27-29-31-33-35-37-39-41-45(50)47(52)44(43-49)48-46(51)42-40-38-36-34-32-30-28-26-24-22-20-18-16-14-12-10-8-6-4-2/h22,24,44-45,47,49-50,52H,3-21,23,25-43H2,1-2H3,(H,48,51)/b24-22-. The highest BCUT2D eigenvalue weighted by Crippen LogP contribution is 2.17. The minimum Gasteiger partial charge on any atom is -0.394 e. The molecule has 3 atom stereocenters. The third-order valence-corrected chi connectivity index (χ3v) is 11.1. The molecule has 1 amide bonds. The van der Waals surface area contributed by atoms with E-state index in [0.29, 0.717) is 12.8 Å². The topological polar surface area (TPSA) is 89.8 Å². The number of unbranched alkanes of at least 4 members (excludes halogenated alkanes) is 33. The van der Waals surface area contributed by atoms with E-state index in [0.717, 1.165) is 38.5 Å². The number of aliphatic hydroxyl groups is 3. The van der Waals surface area contributed by atoms with Gasteiger partial charge in [-0.3, -0.25) is 4.79 Å². The van der Waals surface area contributed by atoms with Gasteiger partial charge < -0.3 is 20.6 Å². The lowest BCUT2D eigenvalue weighted by molar-refractivity contribution is -0.124. The average molecular weight is 736 g/mol. The SMILES string of the molecule is CCCCCCCCCC/C=C\CCCCCCCCCC(=O)NC(CO)C(O)C(O)CCCCCCCCCCCCCCCCCCCCC. The fourth-order valence-electron chi connectivity index (χ4n) is 7.45. The number of rotatable bonds is 43. The first kappa shape index (κ1) is 51.1. The van der Waals surface area contributed by atoms with Crippen molar-refractivity contribution in [2.24, 2.45) is 0 Å². The van der Waals surface area contributed by atoms with Crippen LogP contribution >= 0.6 is 0 Å². The van der Waals surface area contributed by atoms with Gasteiger partial charge in [-0.1, -0.05) is 225 Å². The molecule has 0 aromatic carbocycles. The number of amides is 1. The van der Waals surface area contributed by atoms with Gasteiger partial charge in [0, 0.05) is 6.42 Å². The summed E-state index contributed by atoms with van der Waals surface area (Å²) >= 11 is 0. The highest BCUT2D eigenvalue weighted by Gasteiger charge is 2.26. The molecule has 0 saturated heterocycles. The summed E-state index contributed by atoms with van der Waals surface area (Å²) < 4.78 is 0. The van der Waals surface area contributed by atoms with Gasteiger partial charge in [0.15, 0.2) is 0 Å². The Morgan fingerprint density at radius 2 is 0.769 bits per heavy atom. The maximum absolute atomic E-state index is 12.4. The van der Waals surface area contributed by atoms with Gasteiger partial charge in [0.1, 0.15) is 6.10 Å². The maximum atomic E-state index is 12.4. The summed E-state index contributed by atoms with van der Waals surface area (Å²) in [6, 6.07) is -0.808. The Kier molecular flexibility index (Phi) is 42.1. The van der Waals surface area contributed by atoms with Crippen molar-refractivity contribution >= 4 is 5.91 Å². The van der Waals surface area contributed by atoms with Gasteiger partial charge in [0.2, 0.25) is 5.91 Å². The van der Waals surface area contributed by atoms with E-state index < -0.39 is 18.2 Å². The van der Waals surface area contributed by atoms with Gasteiger partial charge in [-0.2, -0.15) is 0 Å². The molecule has 0 heterocycles. The zero-order valence-electron chi connectivity index (χ0n) is 35.2. The summed E-state index contributed by atoms with van der Waals surface area (Å²) in [5, 5.41) is 33.6. The van der Waals surface area contributed by atoms with Crippen LogP contribution in [0.3, 0.4) is 0 Å². The predicted molar refractivity (Wildman–Crippen MR) is 227 cm³/mol. The Balaban J connectivity index is 3.59. The molecule has 310 valence electrons. The molecule has 0 saturated carbocycles. The second-order valence-corrected chi connectivity index (χ2v) is 16.3. The van der Waals surface area contributed by atoms with E-state index in [2.05, 4.69) is 31.3 Å². The van der Waals surface area contributed by atoms with Gasteiger partial charge >= 0.3 is 0 Å². The molecule has 0 bridgehead atoms. The lowest BCUT2D eigenvalue weighted by Gasteiger charge is -2.26. The molecule has 4 N–H and O–H groups in total. The van der Waals surface area contributed by atoms with Crippen LogP contribution in [0.15, 0.2) is 12.2 Å². The molecular formula is C47H93NO4. The first-order valence-corrected chi connectivity index (χ1v) is 23.5. The number of carbonyl (C=O) groups excluding carboxylic acids is 1. The van der Waals surface area contributed by atoms with E-state index in [1.807, 2.05) is 0 Å². The van der Waals surface area contributed by atoms with Crippen molar-refractivity contribution in [2.75, 3.05) is 6.61 Å². The third kappa shape index (κ3) is 37.4. The van der Waals surface area contributed by atoms with Crippen LogP contribution in [0.5, 0.6) is 0 Å². The molecule has 0 spiro atoms. The van der Waals surface area contributed by atoms with Gasteiger partial charge in [0.05, 0.1) is 18.8 Å². The number of carbonyl (C=O) groups is 1. The van der Waals surface area contributed by atoms with Gasteiger partial charge in [-0.25, -0.2) is 0 Å². The second kappa shape index (κ2) is 42.8. The van der Waals surface area contributed by atoms with Crippen LogP contribution in [0.25, 0.3) is 0 Å². The molecule has 0 aromatic rings. The Morgan fingerprint density at radius 1 is 0.462 bits per heavy atom. The van der Waals surface area contributed by atoms with Crippen LogP contribution < -0.4 is 5.32 Å². The summed E-state index contributed by atoms with van der Waals surface area (Å²) in [6.45, 7) is 4.20. The zero-order valence-corrected chi connectivity index (χ0v) is 35.2. The predicted octanol–water partition coefficient (Wildman–Crippen LogP) is 13.6. The molecule has 0 aromatic heterocycles. The first-order valence-electron chi connectivity index (χ1n) is 23.5. The quantitative estimate of drug-likeness (QED) is 0.0371. The Labute approximate surface area is 325 Å². The Hall–Kier alpha value is -0.910. The molecule has 3 unspecified atom stereocenters. The van der Waals surface area contributed by atoms with Crippen LogP contribution in [0.1, 0.15) is 258 Å². The van der Waals surface area contributed by atoms with E-state index in [-0.39, 0.29) is 12.5 Å². The number of aliphatic hydroxyl groups excluding tert-OH is 3. The maximum Gasteiger partial charge on any atom is 0.220 e. The molecule has 0 fully saturated rings.